The summed E-state index contributed by atoms with van der Waals surface area (Å²) in [6, 6.07) is 7.01. The summed E-state index contributed by atoms with van der Waals surface area (Å²) >= 11 is 0. The summed E-state index contributed by atoms with van der Waals surface area (Å²) in [5, 5.41) is 9.71. The third-order valence-electron chi connectivity index (χ3n) is 2.65. The third kappa shape index (κ3) is 2.98. The molecule has 1 aromatic carbocycles. The lowest BCUT2D eigenvalue weighted by atomic mass is 10.1. The summed E-state index contributed by atoms with van der Waals surface area (Å²) < 4.78 is 5.03. The van der Waals surface area contributed by atoms with Crippen LogP contribution in [-0.2, 0) is 0 Å². The summed E-state index contributed by atoms with van der Waals surface area (Å²) in [4.78, 5) is 14.8. The van der Waals surface area contributed by atoms with Crippen molar-refractivity contribution < 1.29 is 14.6 Å². The molecule has 0 aliphatic heterocycles. The molecule has 1 heterocycles. The first-order valence-electron chi connectivity index (χ1n) is 5.69. The van der Waals surface area contributed by atoms with E-state index in [0.29, 0.717) is 6.29 Å². The van der Waals surface area contributed by atoms with Crippen molar-refractivity contribution in [3.63, 3.8) is 0 Å². The highest BCUT2D eigenvalue weighted by atomic mass is 16.5. The van der Waals surface area contributed by atoms with E-state index in [1.165, 1.54) is 7.11 Å². The quantitative estimate of drug-likeness (QED) is 0.853. The molecule has 2 aromatic rings. The first kappa shape index (κ1) is 12.8. The van der Waals surface area contributed by atoms with E-state index in [1.54, 1.807) is 24.5 Å². The SMILES string of the molecule is COc1cc(/C=C/c2ccncc2)cc(C=O)c1O. The van der Waals surface area contributed by atoms with Gasteiger partial charge in [0.1, 0.15) is 0 Å². The molecule has 4 nitrogen and oxygen atoms in total. The van der Waals surface area contributed by atoms with Gasteiger partial charge in [-0.05, 0) is 35.4 Å². The number of hydrogen-bond donors (Lipinski definition) is 1. The van der Waals surface area contributed by atoms with E-state index in [4.69, 9.17) is 4.74 Å². The summed E-state index contributed by atoms with van der Waals surface area (Å²) in [5.74, 6) is 0.137. The summed E-state index contributed by atoms with van der Waals surface area (Å²) in [6.07, 6.45) is 7.73. The molecule has 0 atom stereocenters. The lowest BCUT2D eigenvalue weighted by molar-refractivity contribution is 0.112. The van der Waals surface area contributed by atoms with E-state index < -0.39 is 0 Å². The molecule has 0 spiro atoms. The predicted molar refractivity (Wildman–Crippen MR) is 73.2 cm³/mol. The maximum atomic E-state index is 10.9. The van der Waals surface area contributed by atoms with Gasteiger partial charge in [0.2, 0.25) is 0 Å². The van der Waals surface area contributed by atoms with Crippen molar-refractivity contribution >= 4 is 18.4 Å². The highest BCUT2D eigenvalue weighted by Crippen LogP contribution is 2.31. The molecule has 0 unspecified atom stereocenters. The van der Waals surface area contributed by atoms with Crippen LogP contribution in [0.2, 0.25) is 0 Å². The molecule has 0 bridgehead atoms. The van der Waals surface area contributed by atoms with E-state index >= 15 is 0 Å². The number of aldehydes is 1. The molecular weight excluding hydrogens is 242 g/mol. The highest BCUT2D eigenvalue weighted by molar-refractivity contribution is 5.84. The number of aromatic nitrogens is 1. The van der Waals surface area contributed by atoms with Crippen molar-refractivity contribution in [3.05, 3.63) is 53.3 Å². The summed E-state index contributed by atoms with van der Waals surface area (Å²) in [5.41, 5.74) is 1.97. The number of ether oxygens (including phenoxy) is 1. The van der Waals surface area contributed by atoms with Crippen molar-refractivity contribution in [1.29, 1.82) is 0 Å². The van der Waals surface area contributed by atoms with Crippen molar-refractivity contribution in [2.45, 2.75) is 0 Å². The van der Waals surface area contributed by atoms with E-state index in [0.717, 1.165) is 11.1 Å². The van der Waals surface area contributed by atoms with Gasteiger partial charge in [0, 0.05) is 12.4 Å². The zero-order chi connectivity index (χ0) is 13.7. The Hall–Kier alpha value is -2.62. The molecule has 1 N–H and O–H groups in total. The first-order chi connectivity index (χ1) is 9.24. The number of carbonyl (C=O) groups is 1. The topological polar surface area (TPSA) is 59.4 Å². The Bertz CT molecular complexity index is 606. The van der Waals surface area contributed by atoms with Crippen molar-refractivity contribution in [1.82, 2.24) is 4.98 Å². The number of pyridine rings is 1. The van der Waals surface area contributed by atoms with Crippen LogP contribution in [0, 0.1) is 0 Å². The molecule has 0 aliphatic carbocycles. The molecule has 4 heteroatoms. The van der Waals surface area contributed by atoms with Crippen LogP contribution in [0.15, 0.2) is 36.7 Å². The number of benzene rings is 1. The average molecular weight is 255 g/mol. The molecule has 96 valence electrons. The Kier molecular flexibility index (Phi) is 3.93. The number of hydrogen-bond acceptors (Lipinski definition) is 4. The first-order valence-corrected chi connectivity index (χ1v) is 5.69. The van der Waals surface area contributed by atoms with Crippen LogP contribution in [0.25, 0.3) is 12.2 Å². The van der Waals surface area contributed by atoms with Crippen LogP contribution >= 0.6 is 0 Å². The van der Waals surface area contributed by atoms with Crippen LogP contribution in [0.4, 0.5) is 0 Å². The van der Waals surface area contributed by atoms with Crippen LogP contribution in [0.1, 0.15) is 21.5 Å². The van der Waals surface area contributed by atoms with Gasteiger partial charge in [-0.15, -0.1) is 0 Å². The minimum atomic E-state index is -0.140. The second kappa shape index (κ2) is 5.82. The van der Waals surface area contributed by atoms with Crippen LogP contribution < -0.4 is 4.74 Å². The molecule has 0 amide bonds. The fraction of sp³-hybridized carbons (Fsp3) is 0.0667. The van der Waals surface area contributed by atoms with Gasteiger partial charge >= 0.3 is 0 Å². The summed E-state index contributed by atoms with van der Waals surface area (Å²) in [6.45, 7) is 0. The summed E-state index contributed by atoms with van der Waals surface area (Å²) in [7, 11) is 1.44. The normalized spacial score (nSPS) is 10.6. The molecule has 0 fully saturated rings. The minimum Gasteiger partial charge on any atom is -0.504 e. The van der Waals surface area contributed by atoms with Crippen molar-refractivity contribution in [3.8, 4) is 11.5 Å². The maximum Gasteiger partial charge on any atom is 0.168 e. The Morgan fingerprint density at radius 1 is 1.16 bits per heavy atom. The number of rotatable bonds is 4. The molecule has 0 saturated heterocycles. The fourth-order valence-corrected chi connectivity index (χ4v) is 1.66. The van der Waals surface area contributed by atoms with Gasteiger partial charge in [0.05, 0.1) is 12.7 Å². The number of phenolic OH excluding ortho intramolecular Hbond substituents is 1. The minimum absolute atomic E-state index is 0.140. The highest BCUT2D eigenvalue weighted by Gasteiger charge is 2.08. The predicted octanol–water partition coefficient (Wildman–Crippen LogP) is 2.78. The number of methoxy groups -OCH3 is 1. The number of aromatic hydroxyl groups is 1. The Morgan fingerprint density at radius 3 is 2.47 bits per heavy atom. The number of carbonyl (C=O) groups excluding carboxylic acids is 1. The van der Waals surface area contributed by atoms with E-state index in [9.17, 15) is 9.90 Å². The average Bonchev–Trinajstić information content (AvgIpc) is 2.47. The third-order valence-corrected chi connectivity index (χ3v) is 2.65. The van der Waals surface area contributed by atoms with E-state index in [2.05, 4.69) is 4.98 Å². The number of nitrogens with zero attached hydrogens (tertiary/aromatic N) is 1. The molecule has 19 heavy (non-hydrogen) atoms. The standard InChI is InChI=1S/C15H13NO3/c1-19-14-9-12(8-13(10-17)15(14)18)3-2-11-4-6-16-7-5-11/h2-10,18H,1H3/b3-2+. The Morgan fingerprint density at radius 2 is 1.84 bits per heavy atom. The molecule has 0 saturated carbocycles. The second-order valence-corrected chi connectivity index (χ2v) is 3.89. The lowest BCUT2D eigenvalue weighted by Gasteiger charge is -2.06. The zero-order valence-electron chi connectivity index (χ0n) is 10.4. The van der Waals surface area contributed by atoms with Gasteiger partial charge in [-0.1, -0.05) is 12.2 Å². The van der Waals surface area contributed by atoms with Gasteiger partial charge in [-0.25, -0.2) is 0 Å². The zero-order valence-corrected chi connectivity index (χ0v) is 10.4. The van der Waals surface area contributed by atoms with Crippen molar-refractivity contribution in [2.75, 3.05) is 7.11 Å². The van der Waals surface area contributed by atoms with Crippen LogP contribution in [0.5, 0.6) is 11.5 Å². The largest absolute Gasteiger partial charge is 0.504 e. The maximum absolute atomic E-state index is 10.9. The molecule has 2 rings (SSSR count). The Labute approximate surface area is 111 Å². The Balaban J connectivity index is 2.35. The van der Waals surface area contributed by atoms with Gasteiger partial charge in [-0.2, -0.15) is 0 Å². The van der Waals surface area contributed by atoms with E-state index in [-0.39, 0.29) is 17.1 Å². The molecule has 1 aromatic heterocycles. The molecule has 0 aliphatic rings. The van der Waals surface area contributed by atoms with Crippen LogP contribution in [-0.4, -0.2) is 23.5 Å². The van der Waals surface area contributed by atoms with Crippen molar-refractivity contribution in [2.24, 2.45) is 0 Å². The van der Waals surface area contributed by atoms with E-state index in [1.807, 2.05) is 24.3 Å². The van der Waals surface area contributed by atoms with Gasteiger partial charge < -0.3 is 9.84 Å². The van der Waals surface area contributed by atoms with Gasteiger partial charge in [-0.3, -0.25) is 9.78 Å². The second-order valence-electron chi connectivity index (χ2n) is 3.89. The smallest absolute Gasteiger partial charge is 0.168 e. The van der Waals surface area contributed by atoms with Gasteiger partial charge in [0.15, 0.2) is 17.8 Å². The monoisotopic (exact) mass is 255 g/mol. The van der Waals surface area contributed by atoms with Gasteiger partial charge in [0.25, 0.3) is 0 Å². The lowest BCUT2D eigenvalue weighted by Crippen LogP contribution is -1.90. The van der Waals surface area contributed by atoms with Crippen LogP contribution in [0.3, 0.4) is 0 Å². The molecular formula is C15H13NO3. The molecule has 0 radical (unpaired) electrons. The fourth-order valence-electron chi connectivity index (χ4n) is 1.66. The number of phenols is 1.